The summed E-state index contributed by atoms with van der Waals surface area (Å²) in [6.07, 6.45) is 0.0676. The maximum absolute atomic E-state index is 13.8. The first-order valence-electron chi connectivity index (χ1n) is 6.81. The first kappa shape index (κ1) is 14.5. The van der Waals surface area contributed by atoms with Crippen molar-refractivity contribution in [3.05, 3.63) is 65.5 Å². The number of benzene rings is 2. The number of rotatable bonds is 5. The fourth-order valence-electron chi connectivity index (χ4n) is 2.33. The fraction of sp³-hybridized carbons (Fsp3) is 0.294. The van der Waals surface area contributed by atoms with E-state index in [9.17, 15) is 9.50 Å². The van der Waals surface area contributed by atoms with Gasteiger partial charge in [-0.1, -0.05) is 36.4 Å². The topological polar surface area (TPSA) is 23.5 Å². The van der Waals surface area contributed by atoms with Gasteiger partial charge in [0, 0.05) is 24.8 Å². The molecule has 3 heteroatoms. The smallest absolute Gasteiger partial charge is 0.131 e. The lowest BCUT2D eigenvalue weighted by atomic mass is 10.1. The summed E-state index contributed by atoms with van der Waals surface area (Å²) in [5.74, 6) is -0.357. The SMILES string of the molecule is CC(O)c1c(F)cccc1N(C)CCc1ccccc1. The van der Waals surface area contributed by atoms with Crippen LogP contribution in [0.2, 0.25) is 0 Å². The number of likely N-dealkylation sites (N-methyl/N-ethyl adjacent to an activating group) is 1. The molecule has 2 rings (SSSR count). The number of aliphatic hydroxyl groups is 1. The Kier molecular flexibility index (Phi) is 4.74. The van der Waals surface area contributed by atoms with Crippen LogP contribution in [0.4, 0.5) is 10.1 Å². The molecule has 0 heterocycles. The molecule has 0 aliphatic carbocycles. The molecule has 0 spiro atoms. The van der Waals surface area contributed by atoms with E-state index in [1.54, 1.807) is 13.0 Å². The molecule has 1 unspecified atom stereocenters. The van der Waals surface area contributed by atoms with Crippen molar-refractivity contribution in [2.75, 3.05) is 18.5 Å². The highest BCUT2D eigenvalue weighted by molar-refractivity contribution is 5.54. The van der Waals surface area contributed by atoms with Crippen LogP contribution < -0.4 is 4.90 Å². The molecule has 0 fully saturated rings. The summed E-state index contributed by atoms with van der Waals surface area (Å²) in [5.41, 5.74) is 2.35. The Morgan fingerprint density at radius 1 is 1.10 bits per heavy atom. The Balaban J connectivity index is 2.13. The van der Waals surface area contributed by atoms with Crippen molar-refractivity contribution in [3.63, 3.8) is 0 Å². The quantitative estimate of drug-likeness (QED) is 0.900. The van der Waals surface area contributed by atoms with Crippen LogP contribution in [0.3, 0.4) is 0 Å². The van der Waals surface area contributed by atoms with Crippen molar-refractivity contribution in [1.29, 1.82) is 0 Å². The molecule has 0 amide bonds. The van der Waals surface area contributed by atoms with Crippen molar-refractivity contribution < 1.29 is 9.50 Å². The van der Waals surface area contributed by atoms with E-state index in [0.29, 0.717) is 5.56 Å². The molecular formula is C17H20FNO. The predicted molar refractivity (Wildman–Crippen MR) is 80.4 cm³/mol. The Morgan fingerprint density at radius 3 is 2.45 bits per heavy atom. The van der Waals surface area contributed by atoms with E-state index in [1.165, 1.54) is 11.6 Å². The van der Waals surface area contributed by atoms with Crippen LogP contribution in [0.15, 0.2) is 48.5 Å². The van der Waals surface area contributed by atoms with Crippen molar-refractivity contribution in [1.82, 2.24) is 0 Å². The average Bonchev–Trinajstić information content (AvgIpc) is 2.45. The Hall–Kier alpha value is -1.87. The fourth-order valence-corrected chi connectivity index (χ4v) is 2.33. The highest BCUT2D eigenvalue weighted by Gasteiger charge is 2.16. The van der Waals surface area contributed by atoms with Crippen LogP contribution in [0.5, 0.6) is 0 Å². The third kappa shape index (κ3) is 3.36. The monoisotopic (exact) mass is 273 g/mol. The zero-order valence-corrected chi connectivity index (χ0v) is 11.9. The maximum atomic E-state index is 13.8. The van der Waals surface area contributed by atoms with E-state index >= 15 is 0 Å². The molecule has 2 aromatic rings. The lowest BCUT2D eigenvalue weighted by molar-refractivity contribution is 0.194. The lowest BCUT2D eigenvalue weighted by Gasteiger charge is -2.24. The zero-order chi connectivity index (χ0) is 14.5. The van der Waals surface area contributed by atoms with Gasteiger partial charge in [0.15, 0.2) is 0 Å². The molecule has 0 aliphatic rings. The molecule has 0 saturated heterocycles. The number of hydrogen-bond donors (Lipinski definition) is 1. The Labute approximate surface area is 119 Å². The Bertz CT molecular complexity index is 554. The first-order chi connectivity index (χ1) is 9.59. The molecule has 0 aliphatic heterocycles. The van der Waals surface area contributed by atoms with Gasteiger partial charge in [0.05, 0.1) is 6.10 Å². The van der Waals surface area contributed by atoms with Gasteiger partial charge in [-0.3, -0.25) is 0 Å². The predicted octanol–water partition coefficient (Wildman–Crippen LogP) is 3.56. The van der Waals surface area contributed by atoms with E-state index in [4.69, 9.17) is 0 Å². The van der Waals surface area contributed by atoms with Gasteiger partial charge in [-0.15, -0.1) is 0 Å². The van der Waals surface area contributed by atoms with Gasteiger partial charge in [0.25, 0.3) is 0 Å². The van der Waals surface area contributed by atoms with Crippen LogP contribution >= 0.6 is 0 Å². The highest BCUT2D eigenvalue weighted by Crippen LogP contribution is 2.28. The van der Waals surface area contributed by atoms with E-state index in [1.807, 2.05) is 36.2 Å². The minimum atomic E-state index is -0.814. The average molecular weight is 273 g/mol. The normalized spacial score (nSPS) is 12.2. The van der Waals surface area contributed by atoms with Gasteiger partial charge in [-0.25, -0.2) is 4.39 Å². The first-order valence-corrected chi connectivity index (χ1v) is 6.81. The molecule has 2 nitrogen and oxygen atoms in total. The summed E-state index contributed by atoms with van der Waals surface area (Å²) in [4.78, 5) is 1.98. The highest BCUT2D eigenvalue weighted by atomic mass is 19.1. The third-order valence-electron chi connectivity index (χ3n) is 3.44. The van der Waals surface area contributed by atoms with Crippen LogP contribution in [0.25, 0.3) is 0 Å². The number of anilines is 1. The summed E-state index contributed by atoms with van der Waals surface area (Å²) in [7, 11) is 1.92. The van der Waals surface area contributed by atoms with Crippen molar-refractivity contribution >= 4 is 5.69 Å². The molecule has 1 atom stereocenters. The van der Waals surface area contributed by atoms with Gasteiger partial charge in [-0.2, -0.15) is 0 Å². The van der Waals surface area contributed by atoms with E-state index in [0.717, 1.165) is 18.7 Å². The van der Waals surface area contributed by atoms with Crippen LogP contribution in [0.1, 0.15) is 24.2 Å². The summed E-state index contributed by atoms with van der Waals surface area (Å²) >= 11 is 0. The van der Waals surface area contributed by atoms with E-state index < -0.39 is 6.10 Å². The second-order valence-electron chi connectivity index (χ2n) is 5.01. The molecule has 20 heavy (non-hydrogen) atoms. The van der Waals surface area contributed by atoms with Gasteiger partial charge >= 0.3 is 0 Å². The van der Waals surface area contributed by atoms with Gasteiger partial charge in [0.2, 0.25) is 0 Å². The molecule has 0 bridgehead atoms. The lowest BCUT2D eigenvalue weighted by Crippen LogP contribution is -2.22. The minimum Gasteiger partial charge on any atom is -0.389 e. The van der Waals surface area contributed by atoms with Crippen molar-refractivity contribution in [2.45, 2.75) is 19.4 Å². The van der Waals surface area contributed by atoms with Gasteiger partial charge < -0.3 is 10.0 Å². The molecule has 106 valence electrons. The zero-order valence-electron chi connectivity index (χ0n) is 11.9. The summed E-state index contributed by atoms with van der Waals surface area (Å²) in [6.45, 7) is 2.36. The van der Waals surface area contributed by atoms with Crippen LogP contribution in [-0.2, 0) is 6.42 Å². The number of halogens is 1. The summed E-state index contributed by atoms with van der Waals surface area (Å²) < 4.78 is 13.8. The molecule has 0 aromatic heterocycles. The van der Waals surface area contributed by atoms with E-state index in [-0.39, 0.29) is 5.82 Å². The number of hydrogen-bond acceptors (Lipinski definition) is 2. The van der Waals surface area contributed by atoms with Crippen LogP contribution in [-0.4, -0.2) is 18.7 Å². The molecule has 0 saturated carbocycles. The summed E-state index contributed by atoms with van der Waals surface area (Å²) in [5, 5.41) is 9.75. The molecule has 2 aromatic carbocycles. The standard InChI is InChI=1S/C17H20FNO/c1-13(20)17-15(18)9-6-10-16(17)19(2)12-11-14-7-4-3-5-8-14/h3-10,13,20H,11-12H2,1-2H3. The van der Waals surface area contributed by atoms with Crippen molar-refractivity contribution in [2.24, 2.45) is 0 Å². The second kappa shape index (κ2) is 6.53. The molecular weight excluding hydrogens is 253 g/mol. The Morgan fingerprint density at radius 2 is 1.80 bits per heavy atom. The molecule has 1 N–H and O–H groups in total. The number of aliphatic hydroxyl groups excluding tert-OH is 1. The maximum Gasteiger partial charge on any atom is 0.131 e. The second-order valence-corrected chi connectivity index (χ2v) is 5.01. The largest absolute Gasteiger partial charge is 0.389 e. The minimum absolute atomic E-state index is 0.357. The summed E-state index contributed by atoms with van der Waals surface area (Å²) in [6, 6.07) is 15.1. The van der Waals surface area contributed by atoms with Crippen molar-refractivity contribution in [3.8, 4) is 0 Å². The molecule has 0 radical (unpaired) electrons. The van der Waals surface area contributed by atoms with Gasteiger partial charge in [0.1, 0.15) is 5.82 Å². The number of nitrogens with zero attached hydrogens (tertiary/aromatic N) is 1. The van der Waals surface area contributed by atoms with E-state index in [2.05, 4.69) is 12.1 Å². The van der Waals surface area contributed by atoms with Gasteiger partial charge in [-0.05, 0) is 31.0 Å². The third-order valence-corrected chi connectivity index (χ3v) is 3.44. The van der Waals surface area contributed by atoms with Crippen LogP contribution in [0, 0.1) is 5.82 Å².